The van der Waals surface area contributed by atoms with Crippen molar-refractivity contribution in [1.82, 2.24) is 4.98 Å². The second kappa shape index (κ2) is 5.03. The standard InChI is InChI=1S/C12H15N3O3/c13-11(16)8-2-5-15(6-3-8)10-1-4-14-7-9(10)12(17)18/h1,4,7-8H,2-3,5-6H2,(H2,13,16)(H,17,18). The molecule has 3 N–H and O–H groups in total. The summed E-state index contributed by atoms with van der Waals surface area (Å²) >= 11 is 0. The zero-order valence-electron chi connectivity index (χ0n) is 9.87. The van der Waals surface area contributed by atoms with Crippen molar-refractivity contribution in [2.45, 2.75) is 12.8 Å². The average Bonchev–Trinajstić information content (AvgIpc) is 2.39. The third-order valence-corrected chi connectivity index (χ3v) is 3.27. The molecular weight excluding hydrogens is 234 g/mol. The molecular formula is C12H15N3O3. The molecule has 96 valence electrons. The monoisotopic (exact) mass is 249 g/mol. The Labute approximate surface area is 104 Å². The van der Waals surface area contributed by atoms with Gasteiger partial charge in [-0.3, -0.25) is 9.78 Å². The molecule has 2 heterocycles. The highest BCUT2D eigenvalue weighted by atomic mass is 16.4. The summed E-state index contributed by atoms with van der Waals surface area (Å²) in [5.74, 6) is -1.37. The molecule has 0 radical (unpaired) electrons. The normalized spacial score (nSPS) is 16.6. The number of carboxylic acids is 1. The number of aromatic nitrogens is 1. The van der Waals surface area contributed by atoms with Crippen LogP contribution in [0.2, 0.25) is 0 Å². The van der Waals surface area contributed by atoms with Crippen molar-refractivity contribution in [2.75, 3.05) is 18.0 Å². The van der Waals surface area contributed by atoms with Gasteiger partial charge in [0.15, 0.2) is 0 Å². The van der Waals surface area contributed by atoms with Gasteiger partial charge in [-0.25, -0.2) is 4.79 Å². The number of carbonyl (C=O) groups excluding carboxylic acids is 1. The number of piperidine rings is 1. The van der Waals surface area contributed by atoms with Crippen LogP contribution in [0, 0.1) is 5.92 Å². The number of primary amides is 1. The van der Waals surface area contributed by atoms with Crippen molar-refractivity contribution in [1.29, 1.82) is 0 Å². The number of anilines is 1. The highest BCUT2D eigenvalue weighted by Gasteiger charge is 2.25. The maximum Gasteiger partial charge on any atom is 0.339 e. The van der Waals surface area contributed by atoms with Gasteiger partial charge in [0, 0.05) is 31.4 Å². The van der Waals surface area contributed by atoms with E-state index in [0.29, 0.717) is 31.6 Å². The van der Waals surface area contributed by atoms with Crippen LogP contribution in [-0.4, -0.2) is 35.1 Å². The van der Waals surface area contributed by atoms with Crippen LogP contribution in [0.4, 0.5) is 5.69 Å². The van der Waals surface area contributed by atoms with Crippen molar-refractivity contribution in [2.24, 2.45) is 11.7 Å². The maximum atomic E-state index is 11.1. The lowest BCUT2D eigenvalue weighted by Gasteiger charge is -2.32. The lowest BCUT2D eigenvalue weighted by molar-refractivity contribution is -0.122. The smallest absolute Gasteiger partial charge is 0.339 e. The van der Waals surface area contributed by atoms with Gasteiger partial charge >= 0.3 is 5.97 Å². The van der Waals surface area contributed by atoms with Crippen molar-refractivity contribution in [3.8, 4) is 0 Å². The highest BCUT2D eigenvalue weighted by Crippen LogP contribution is 2.25. The minimum Gasteiger partial charge on any atom is -0.478 e. The van der Waals surface area contributed by atoms with Crippen molar-refractivity contribution in [3.05, 3.63) is 24.0 Å². The number of nitrogens with zero attached hydrogens (tertiary/aromatic N) is 2. The Balaban J connectivity index is 2.15. The van der Waals surface area contributed by atoms with E-state index >= 15 is 0 Å². The topological polar surface area (TPSA) is 96.5 Å². The third-order valence-electron chi connectivity index (χ3n) is 3.27. The second-order valence-electron chi connectivity index (χ2n) is 4.36. The summed E-state index contributed by atoms with van der Waals surface area (Å²) in [5, 5.41) is 9.10. The van der Waals surface area contributed by atoms with E-state index in [-0.39, 0.29) is 17.4 Å². The van der Waals surface area contributed by atoms with Gasteiger partial charge < -0.3 is 15.7 Å². The first-order valence-electron chi connectivity index (χ1n) is 5.81. The molecule has 1 amide bonds. The Morgan fingerprint density at radius 3 is 2.61 bits per heavy atom. The Morgan fingerprint density at radius 2 is 2.06 bits per heavy atom. The Morgan fingerprint density at radius 1 is 1.39 bits per heavy atom. The fraction of sp³-hybridized carbons (Fsp3) is 0.417. The van der Waals surface area contributed by atoms with Gasteiger partial charge in [-0.05, 0) is 18.9 Å². The van der Waals surface area contributed by atoms with E-state index in [4.69, 9.17) is 10.8 Å². The van der Waals surface area contributed by atoms with Crippen LogP contribution in [-0.2, 0) is 4.79 Å². The van der Waals surface area contributed by atoms with Gasteiger partial charge in [-0.1, -0.05) is 0 Å². The van der Waals surface area contributed by atoms with Crippen LogP contribution in [0.1, 0.15) is 23.2 Å². The molecule has 0 atom stereocenters. The number of carboxylic acid groups (broad SMARTS) is 1. The van der Waals surface area contributed by atoms with E-state index in [1.54, 1.807) is 12.3 Å². The number of pyridine rings is 1. The molecule has 6 nitrogen and oxygen atoms in total. The van der Waals surface area contributed by atoms with Gasteiger partial charge in [0.25, 0.3) is 0 Å². The summed E-state index contributed by atoms with van der Waals surface area (Å²) in [5.41, 5.74) is 6.11. The van der Waals surface area contributed by atoms with Crippen LogP contribution < -0.4 is 10.6 Å². The number of rotatable bonds is 3. The van der Waals surface area contributed by atoms with Crippen LogP contribution >= 0.6 is 0 Å². The van der Waals surface area contributed by atoms with Gasteiger partial charge in [-0.2, -0.15) is 0 Å². The van der Waals surface area contributed by atoms with Crippen LogP contribution in [0.15, 0.2) is 18.5 Å². The number of hydrogen-bond donors (Lipinski definition) is 2. The number of hydrogen-bond acceptors (Lipinski definition) is 4. The Bertz CT molecular complexity index is 467. The first kappa shape index (κ1) is 12.3. The van der Waals surface area contributed by atoms with Crippen molar-refractivity contribution in [3.63, 3.8) is 0 Å². The van der Waals surface area contributed by atoms with Crippen LogP contribution in [0.3, 0.4) is 0 Å². The summed E-state index contributed by atoms with van der Waals surface area (Å²) in [6.07, 6.45) is 4.24. The van der Waals surface area contributed by atoms with E-state index < -0.39 is 5.97 Å². The van der Waals surface area contributed by atoms with Crippen LogP contribution in [0.25, 0.3) is 0 Å². The summed E-state index contributed by atoms with van der Waals surface area (Å²) in [6, 6.07) is 1.69. The van der Waals surface area contributed by atoms with Gasteiger partial charge in [-0.15, -0.1) is 0 Å². The molecule has 1 fully saturated rings. The highest BCUT2D eigenvalue weighted by molar-refractivity contribution is 5.94. The number of carbonyl (C=O) groups is 2. The molecule has 18 heavy (non-hydrogen) atoms. The molecule has 1 aromatic heterocycles. The van der Waals surface area contributed by atoms with E-state index in [1.807, 2.05) is 4.90 Å². The van der Waals surface area contributed by atoms with E-state index in [1.165, 1.54) is 6.20 Å². The molecule has 1 aliphatic rings. The predicted molar refractivity (Wildman–Crippen MR) is 65.3 cm³/mol. The van der Waals surface area contributed by atoms with Gasteiger partial charge in [0.2, 0.25) is 5.91 Å². The van der Waals surface area contributed by atoms with E-state index in [9.17, 15) is 9.59 Å². The molecule has 1 aliphatic heterocycles. The van der Waals surface area contributed by atoms with Crippen molar-refractivity contribution >= 4 is 17.6 Å². The zero-order chi connectivity index (χ0) is 13.1. The molecule has 0 aromatic carbocycles. The largest absolute Gasteiger partial charge is 0.478 e. The molecule has 0 aliphatic carbocycles. The first-order valence-corrected chi connectivity index (χ1v) is 5.81. The van der Waals surface area contributed by atoms with Crippen molar-refractivity contribution < 1.29 is 14.7 Å². The summed E-state index contributed by atoms with van der Waals surface area (Å²) in [7, 11) is 0. The molecule has 0 unspecified atom stereocenters. The fourth-order valence-electron chi connectivity index (χ4n) is 2.23. The molecule has 2 rings (SSSR count). The quantitative estimate of drug-likeness (QED) is 0.812. The van der Waals surface area contributed by atoms with Gasteiger partial charge in [0.05, 0.1) is 5.69 Å². The average molecular weight is 249 g/mol. The van der Waals surface area contributed by atoms with E-state index in [0.717, 1.165) is 0 Å². The predicted octanol–water partition coefficient (Wildman–Crippen LogP) is 0.481. The third kappa shape index (κ3) is 2.42. The second-order valence-corrected chi connectivity index (χ2v) is 4.36. The fourth-order valence-corrected chi connectivity index (χ4v) is 2.23. The molecule has 1 saturated heterocycles. The minimum absolute atomic E-state index is 0.101. The lowest BCUT2D eigenvalue weighted by atomic mass is 9.95. The number of nitrogens with two attached hydrogens (primary N) is 1. The SMILES string of the molecule is NC(=O)C1CCN(c2ccncc2C(=O)O)CC1. The van der Waals surface area contributed by atoms with E-state index in [2.05, 4.69) is 4.98 Å². The summed E-state index contributed by atoms with van der Waals surface area (Å²) in [6.45, 7) is 1.27. The Hall–Kier alpha value is -2.11. The number of aromatic carboxylic acids is 1. The number of amides is 1. The molecule has 0 bridgehead atoms. The van der Waals surface area contributed by atoms with Gasteiger partial charge in [0.1, 0.15) is 5.56 Å². The molecule has 6 heteroatoms. The van der Waals surface area contributed by atoms with Crippen LogP contribution in [0.5, 0.6) is 0 Å². The Kier molecular flexibility index (Phi) is 3.45. The zero-order valence-corrected chi connectivity index (χ0v) is 9.87. The lowest BCUT2D eigenvalue weighted by Crippen LogP contribution is -2.39. The molecule has 0 saturated carbocycles. The summed E-state index contributed by atoms with van der Waals surface area (Å²) in [4.78, 5) is 28.0. The maximum absolute atomic E-state index is 11.1. The summed E-state index contributed by atoms with van der Waals surface area (Å²) < 4.78 is 0. The minimum atomic E-state index is -0.991. The molecule has 0 spiro atoms. The molecule has 1 aromatic rings. The first-order chi connectivity index (χ1) is 8.59.